The molecular formula is C26H23N3O7. The predicted molar refractivity (Wildman–Crippen MR) is 132 cm³/mol. The number of carbonyl (C=O) groups is 2. The van der Waals surface area contributed by atoms with E-state index in [4.69, 9.17) is 4.74 Å². The summed E-state index contributed by atoms with van der Waals surface area (Å²) in [7, 11) is 0. The van der Waals surface area contributed by atoms with E-state index in [1.54, 1.807) is 23.1 Å². The van der Waals surface area contributed by atoms with Gasteiger partial charge in [-0.15, -0.1) is 0 Å². The molecule has 0 N–H and O–H groups in total. The zero-order chi connectivity index (χ0) is 26.2. The van der Waals surface area contributed by atoms with Crippen LogP contribution in [0.25, 0.3) is 0 Å². The van der Waals surface area contributed by atoms with Crippen molar-refractivity contribution in [3.8, 4) is 5.75 Å². The first-order valence-electron chi connectivity index (χ1n) is 11.2. The summed E-state index contributed by atoms with van der Waals surface area (Å²) in [4.78, 5) is 48.5. The van der Waals surface area contributed by atoms with Gasteiger partial charge in [0.1, 0.15) is 5.75 Å². The predicted octanol–water partition coefficient (Wildman–Crippen LogP) is 5.65. The highest BCUT2D eigenvalue weighted by Gasteiger charge is 2.40. The molecule has 0 saturated carbocycles. The summed E-state index contributed by atoms with van der Waals surface area (Å²) in [5, 5.41) is 21.8. The molecule has 1 amide bonds. The third-order valence-corrected chi connectivity index (χ3v) is 6.23. The van der Waals surface area contributed by atoms with Crippen LogP contribution in [0, 0.1) is 20.2 Å². The van der Waals surface area contributed by atoms with E-state index in [1.165, 1.54) is 48.5 Å². The average Bonchev–Trinajstić information content (AvgIpc) is 2.83. The number of rotatable bonds is 5. The highest BCUT2D eigenvalue weighted by molar-refractivity contribution is 6.08. The molecule has 3 aromatic rings. The van der Waals surface area contributed by atoms with Crippen LogP contribution in [0.5, 0.6) is 5.75 Å². The minimum atomic E-state index is -0.660. The summed E-state index contributed by atoms with van der Waals surface area (Å²) in [5.41, 5.74) is 1.20. The molecule has 0 unspecified atom stereocenters. The fourth-order valence-corrected chi connectivity index (χ4v) is 4.60. The van der Waals surface area contributed by atoms with Crippen molar-refractivity contribution in [2.24, 2.45) is 0 Å². The van der Waals surface area contributed by atoms with E-state index >= 15 is 0 Å². The maximum absolute atomic E-state index is 13.5. The largest absolute Gasteiger partial charge is 0.423 e. The Morgan fingerprint density at radius 1 is 0.889 bits per heavy atom. The third-order valence-electron chi connectivity index (χ3n) is 6.23. The standard InChI is InChI=1S/C26H23N3O7/c1-16-15-26(2,3)27(24(30)17-4-8-19(9-5-17)28(32)33)23-13-12-21(14-22(16)23)36-25(31)18-6-10-20(11-7-18)29(34)35/h4-14,16H,15H2,1-3H3/t16-/m0/s1. The van der Waals surface area contributed by atoms with E-state index in [9.17, 15) is 29.8 Å². The van der Waals surface area contributed by atoms with Gasteiger partial charge in [0.15, 0.2) is 0 Å². The van der Waals surface area contributed by atoms with E-state index < -0.39 is 21.4 Å². The van der Waals surface area contributed by atoms with E-state index in [2.05, 4.69) is 0 Å². The molecule has 0 spiro atoms. The lowest BCUT2D eigenvalue weighted by atomic mass is 9.79. The maximum atomic E-state index is 13.5. The third kappa shape index (κ3) is 4.65. The van der Waals surface area contributed by atoms with Crippen LogP contribution >= 0.6 is 0 Å². The highest BCUT2D eigenvalue weighted by atomic mass is 16.6. The molecule has 0 bridgehead atoms. The minimum Gasteiger partial charge on any atom is -0.423 e. The first-order valence-corrected chi connectivity index (χ1v) is 11.2. The fraction of sp³-hybridized carbons (Fsp3) is 0.231. The number of hydrogen-bond acceptors (Lipinski definition) is 7. The fourth-order valence-electron chi connectivity index (χ4n) is 4.60. The lowest BCUT2D eigenvalue weighted by Crippen LogP contribution is -2.51. The maximum Gasteiger partial charge on any atom is 0.343 e. The molecule has 4 rings (SSSR count). The van der Waals surface area contributed by atoms with Gasteiger partial charge in [-0.3, -0.25) is 25.0 Å². The molecule has 1 aliphatic heterocycles. The van der Waals surface area contributed by atoms with E-state index in [1.807, 2.05) is 20.8 Å². The van der Waals surface area contributed by atoms with Crippen molar-refractivity contribution >= 4 is 28.9 Å². The number of non-ortho nitro benzene ring substituents is 2. The van der Waals surface area contributed by atoms with Crippen molar-refractivity contribution in [2.75, 3.05) is 4.90 Å². The smallest absolute Gasteiger partial charge is 0.343 e. The molecule has 10 heteroatoms. The van der Waals surface area contributed by atoms with Gasteiger partial charge in [-0.05, 0) is 74.2 Å². The summed E-state index contributed by atoms with van der Waals surface area (Å²) in [6.07, 6.45) is 0.637. The Morgan fingerprint density at radius 2 is 1.42 bits per heavy atom. The van der Waals surface area contributed by atoms with E-state index in [0.717, 1.165) is 5.56 Å². The van der Waals surface area contributed by atoms with Gasteiger partial charge in [0.05, 0.1) is 15.4 Å². The second kappa shape index (κ2) is 9.21. The number of nitro groups is 2. The van der Waals surface area contributed by atoms with Crippen LogP contribution in [0.1, 0.15) is 59.4 Å². The van der Waals surface area contributed by atoms with Crippen molar-refractivity contribution in [1.29, 1.82) is 0 Å². The lowest BCUT2D eigenvalue weighted by molar-refractivity contribution is -0.385. The number of esters is 1. The van der Waals surface area contributed by atoms with Crippen molar-refractivity contribution in [2.45, 2.75) is 38.6 Å². The average molecular weight is 489 g/mol. The molecule has 1 atom stereocenters. The zero-order valence-corrected chi connectivity index (χ0v) is 19.8. The van der Waals surface area contributed by atoms with Gasteiger partial charge in [-0.2, -0.15) is 0 Å². The van der Waals surface area contributed by atoms with Crippen LogP contribution < -0.4 is 9.64 Å². The minimum absolute atomic E-state index is 0.0499. The van der Waals surface area contributed by atoms with Crippen molar-refractivity contribution in [1.82, 2.24) is 0 Å². The Kier molecular flexibility index (Phi) is 6.28. The number of ether oxygens (including phenoxy) is 1. The number of carbonyl (C=O) groups excluding carboxylic acids is 2. The summed E-state index contributed by atoms with van der Waals surface area (Å²) in [6, 6.07) is 15.6. The molecule has 0 aliphatic carbocycles. The molecule has 3 aromatic carbocycles. The second-order valence-electron chi connectivity index (χ2n) is 9.28. The molecule has 0 fully saturated rings. The van der Waals surface area contributed by atoms with E-state index in [0.29, 0.717) is 17.7 Å². The number of anilines is 1. The quantitative estimate of drug-likeness (QED) is 0.195. The monoisotopic (exact) mass is 489 g/mol. The van der Waals surface area contributed by atoms with Gasteiger partial charge in [0, 0.05) is 41.1 Å². The number of benzene rings is 3. The van der Waals surface area contributed by atoms with Crippen LogP contribution in [0.4, 0.5) is 17.1 Å². The topological polar surface area (TPSA) is 133 Å². The number of hydrogen-bond donors (Lipinski definition) is 0. The molecule has 36 heavy (non-hydrogen) atoms. The van der Waals surface area contributed by atoms with Gasteiger partial charge in [-0.25, -0.2) is 4.79 Å². The van der Waals surface area contributed by atoms with Crippen molar-refractivity contribution < 1.29 is 24.2 Å². The first-order chi connectivity index (χ1) is 17.0. The van der Waals surface area contributed by atoms with Gasteiger partial charge in [0.25, 0.3) is 17.3 Å². The summed E-state index contributed by atoms with van der Waals surface area (Å²) in [5.74, 6) is -0.619. The lowest BCUT2D eigenvalue weighted by Gasteiger charge is -2.46. The van der Waals surface area contributed by atoms with E-state index in [-0.39, 0.29) is 34.5 Å². The zero-order valence-electron chi connectivity index (χ0n) is 19.8. The normalized spacial score (nSPS) is 16.1. The van der Waals surface area contributed by atoms with Gasteiger partial charge >= 0.3 is 5.97 Å². The molecule has 0 aromatic heterocycles. The first kappa shape index (κ1) is 24.5. The Bertz CT molecular complexity index is 1370. The molecule has 184 valence electrons. The number of amides is 1. The Morgan fingerprint density at radius 3 is 1.94 bits per heavy atom. The number of nitro benzene ring substituents is 2. The summed E-state index contributed by atoms with van der Waals surface area (Å²) < 4.78 is 5.51. The number of fused-ring (bicyclic) bond motifs is 1. The van der Waals surface area contributed by atoms with Crippen molar-refractivity contribution in [3.63, 3.8) is 0 Å². The molecule has 10 nitrogen and oxygen atoms in total. The second-order valence-corrected chi connectivity index (χ2v) is 9.28. The SMILES string of the molecule is C[C@H]1CC(C)(C)N(C(=O)c2ccc([N+](=O)[O-])cc2)c2ccc(OC(=O)c3ccc([N+](=O)[O-])cc3)cc21. The van der Waals surface area contributed by atoms with Gasteiger partial charge in [-0.1, -0.05) is 6.92 Å². The summed E-state index contributed by atoms with van der Waals surface area (Å²) in [6.45, 7) is 5.94. The van der Waals surface area contributed by atoms with Crippen LogP contribution in [-0.4, -0.2) is 27.3 Å². The van der Waals surface area contributed by atoms with Gasteiger partial charge in [0.2, 0.25) is 0 Å². The molecule has 0 radical (unpaired) electrons. The van der Waals surface area contributed by atoms with Crippen molar-refractivity contribution in [3.05, 3.63) is 104 Å². The van der Waals surface area contributed by atoms with Crippen LogP contribution in [0.2, 0.25) is 0 Å². The Hall–Kier alpha value is -4.60. The Balaban J connectivity index is 1.63. The highest BCUT2D eigenvalue weighted by Crippen LogP contribution is 2.45. The van der Waals surface area contributed by atoms with Gasteiger partial charge < -0.3 is 9.64 Å². The Labute approximate surface area is 206 Å². The van der Waals surface area contributed by atoms with Crippen LogP contribution in [0.15, 0.2) is 66.7 Å². The molecule has 1 heterocycles. The summed E-state index contributed by atoms with van der Waals surface area (Å²) >= 11 is 0. The molecule has 0 saturated heterocycles. The molecular weight excluding hydrogens is 466 g/mol. The molecule has 1 aliphatic rings. The van der Waals surface area contributed by atoms with Crippen LogP contribution in [0.3, 0.4) is 0 Å². The van der Waals surface area contributed by atoms with Crippen LogP contribution in [-0.2, 0) is 0 Å². The number of nitrogens with zero attached hydrogens (tertiary/aromatic N) is 3.